The van der Waals surface area contributed by atoms with E-state index >= 15 is 0 Å². The van der Waals surface area contributed by atoms with Gasteiger partial charge in [-0.15, -0.1) is 0 Å². The van der Waals surface area contributed by atoms with E-state index in [0.717, 1.165) is 5.56 Å². The molecule has 0 fully saturated rings. The molecule has 0 heterocycles. The minimum absolute atomic E-state index is 0.281. The maximum Gasteiger partial charge on any atom is 0.247 e. The Kier molecular flexibility index (Phi) is 8.14. The van der Waals surface area contributed by atoms with Crippen molar-refractivity contribution in [1.82, 2.24) is 10.6 Å². The number of carbonyl (C=O) groups is 2. The van der Waals surface area contributed by atoms with E-state index < -0.39 is 6.04 Å². The highest BCUT2D eigenvalue weighted by molar-refractivity contribution is 6.35. The summed E-state index contributed by atoms with van der Waals surface area (Å²) in [6.45, 7) is 6.03. The summed E-state index contributed by atoms with van der Waals surface area (Å²) >= 11 is 18.1. The van der Waals surface area contributed by atoms with Crippen LogP contribution in [0.25, 0.3) is 6.08 Å². The van der Waals surface area contributed by atoms with Gasteiger partial charge in [0, 0.05) is 15.1 Å². The minimum Gasteiger partial charge on any atom is -0.347 e. The summed E-state index contributed by atoms with van der Waals surface area (Å²) in [4.78, 5) is 24.0. The van der Waals surface area contributed by atoms with E-state index in [4.69, 9.17) is 34.8 Å². The number of hydrogen-bond acceptors (Lipinski definition) is 2. The average molecular weight is 454 g/mol. The predicted molar refractivity (Wildman–Crippen MR) is 120 cm³/mol. The zero-order valence-electron chi connectivity index (χ0n) is 16.4. The third kappa shape index (κ3) is 6.77. The Morgan fingerprint density at radius 1 is 1.00 bits per heavy atom. The minimum atomic E-state index is -0.831. The molecule has 0 aromatic heterocycles. The standard InChI is InChI=1S/C22H23Cl3N2O2/c1-22(2,3)19(11-7-14-4-10-17(24)12-18(14)25)27-21(29)20(26-13-28)15-5-8-16(23)9-6-15/h4-13,19-20H,1-3H3,(H,26,28)(H,27,29). The van der Waals surface area contributed by atoms with Crippen molar-refractivity contribution >= 4 is 53.2 Å². The van der Waals surface area contributed by atoms with Crippen LogP contribution < -0.4 is 10.6 Å². The lowest BCUT2D eigenvalue weighted by atomic mass is 9.86. The van der Waals surface area contributed by atoms with E-state index in [2.05, 4.69) is 10.6 Å². The number of halogens is 3. The van der Waals surface area contributed by atoms with Gasteiger partial charge in [-0.1, -0.05) is 85.9 Å². The SMILES string of the molecule is CC(C)(C)C(C=Cc1ccc(Cl)cc1Cl)NC(=O)C(NC=O)c1ccc(Cl)cc1. The highest BCUT2D eigenvalue weighted by atomic mass is 35.5. The van der Waals surface area contributed by atoms with Gasteiger partial charge in [0.1, 0.15) is 6.04 Å². The third-order valence-electron chi connectivity index (χ3n) is 4.36. The Morgan fingerprint density at radius 2 is 1.62 bits per heavy atom. The number of benzene rings is 2. The van der Waals surface area contributed by atoms with Crippen molar-refractivity contribution in [2.24, 2.45) is 5.41 Å². The predicted octanol–water partition coefficient (Wildman–Crippen LogP) is 5.68. The summed E-state index contributed by atoms with van der Waals surface area (Å²) in [6.07, 6.45) is 4.24. The van der Waals surface area contributed by atoms with Gasteiger partial charge in [0.2, 0.25) is 12.3 Å². The molecule has 7 heteroatoms. The fourth-order valence-corrected chi connectivity index (χ4v) is 3.27. The Bertz CT molecular complexity index is 890. The molecule has 0 aliphatic heterocycles. The number of amides is 2. The number of hydrogen-bond donors (Lipinski definition) is 2. The monoisotopic (exact) mass is 452 g/mol. The third-order valence-corrected chi connectivity index (χ3v) is 5.18. The molecule has 2 unspecified atom stereocenters. The van der Waals surface area contributed by atoms with Gasteiger partial charge in [-0.2, -0.15) is 0 Å². The number of rotatable bonds is 7. The van der Waals surface area contributed by atoms with Gasteiger partial charge in [-0.05, 0) is 40.8 Å². The Hall–Kier alpha value is -2.01. The Balaban J connectivity index is 2.25. The molecule has 4 nitrogen and oxygen atoms in total. The summed E-state index contributed by atoms with van der Waals surface area (Å²) in [7, 11) is 0. The fourth-order valence-electron chi connectivity index (χ4n) is 2.67. The molecule has 0 radical (unpaired) electrons. The first-order valence-corrected chi connectivity index (χ1v) is 10.1. The first-order chi connectivity index (χ1) is 13.6. The van der Waals surface area contributed by atoms with Gasteiger partial charge >= 0.3 is 0 Å². The lowest BCUT2D eigenvalue weighted by Gasteiger charge is -2.30. The first kappa shape index (κ1) is 23.3. The molecule has 0 saturated heterocycles. The molecule has 0 bridgehead atoms. The van der Waals surface area contributed by atoms with Crippen LogP contribution in [0.4, 0.5) is 0 Å². The molecular weight excluding hydrogens is 431 g/mol. The molecule has 2 aromatic carbocycles. The molecule has 0 spiro atoms. The van der Waals surface area contributed by atoms with Gasteiger partial charge in [0.25, 0.3) is 0 Å². The van der Waals surface area contributed by atoms with Gasteiger partial charge in [0.15, 0.2) is 0 Å². The summed E-state index contributed by atoms with van der Waals surface area (Å²) < 4.78 is 0. The maximum atomic E-state index is 13.0. The van der Waals surface area contributed by atoms with E-state index in [1.165, 1.54) is 0 Å². The summed E-state index contributed by atoms with van der Waals surface area (Å²) in [6, 6.07) is 10.8. The van der Waals surface area contributed by atoms with Crippen LogP contribution in [-0.2, 0) is 9.59 Å². The van der Waals surface area contributed by atoms with Crippen molar-refractivity contribution < 1.29 is 9.59 Å². The van der Waals surface area contributed by atoms with Crippen molar-refractivity contribution in [1.29, 1.82) is 0 Å². The van der Waals surface area contributed by atoms with Crippen LogP contribution in [0.1, 0.15) is 37.9 Å². The topological polar surface area (TPSA) is 58.2 Å². The second-order valence-corrected chi connectivity index (χ2v) is 8.93. The molecule has 0 saturated carbocycles. The van der Waals surface area contributed by atoms with Crippen LogP contribution in [-0.4, -0.2) is 18.4 Å². The molecule has 0 aliphatic rings. The van der Waals surface area contributed by atoms with E-state index in [-0.39, 0.29) is 17.4 Å². The van der Waals surface area contributed by atoms with Gasteiger partial charge < -0.3 is 10.6 Å². The van der Waals surface area contributed by atoms with E-state index in [1.807, 2.05) is 39.0 Å². The van der Waals surface area contributed by atoms with Gasteiger partial charge in [-0.3, -0.25) is 9.59 Å². The van der Waals surface area contributed by atoms with E-state index in [0.29, 0.717) is 27.0 Å². The van der Waals surface area contributed by atoms with Gasteiger partial charge in [0.05, 0.1) is 6.04 Å². The lowest BCUT2D eigenvalue weighted by molar-refractivity contribution is -0.126. The Morgan fingerprint density at radius 3 is 2.17 bits per heavy atom. The maximum absolute atomic E-state index is 13.0. The van der Waals surface area contributed by atoms with Crippen LogP contribution >= 0.6 is 34.8 Å². The van der Waals surface area contributed by atoms with E-state index in [1.54, 1.807) is 36.4 Å². The molecule has 154 valence electrons. The van der Waals surface area contributed by atoms with Crippen LogP contribution in [0.2, 0.25) is 15.1 Å². The van der Waals surface area contributed by atoms with Crippen molar-refractivity contribution in [3.8, 4) is 0 Å². The Labute approximate surface area is 186 Å². The summed E-state index contributed by atoms with van der Waals surface area (Å²) in [5, 5.41) is 7.20. The molecule has 29 heavy (non-hydrogen) atoms. The number of carbonyl (C=O) groups excluding carboxylic acids is 2. The highest BCUT2D eigenvalue weighted by Gasteiger charge is 2.28. The molecule has 2 rings (SSSR count). The molecule has 2 N–H and O–H groups in total. The quantitative estimate of drug-likeness (QED) is 0.530. The second kappa shape index (κ2) is 10.1. The molecule has 2 aromatic rings. The van der Waals surface area contributed by atoms with Crippen LogP contribution in [0, 0.1) is 5.41 Å². The molecule has 2 atom stereocenters. The number of nitrogens with one attached hydrogen (secondary N) is 2. The summed E-state index contributed by atoms with van der Waals surface area (Å²) in [5.41, 5.74) is 1.15. The largest absolute Gasteiger partial charge is 0.347 e. The van der Waals surface area contributed by atoms with Gasteiger partial charge in [-0.25, -0.2) is 0 Å². The smallest absolute Gasteiger partial charge is 0.247 e. The van der Waals surface area contributed by atoms with Crippen LogP contribution in [0.15, 0.2) is 48.5 Å². The highest BCUT2D eigenvalue weighted by Crippen LogP contribution is 2.26. The fraction of sp³-hybridized carbons (Fsp3) is 0.273. The van der Waals surface area contributed by atoms with E-state index in [9.17, 15) is 9.59 Å². The zero-order chi connectivity index (χ0) is 21.6. The molecule has 2 amide bonds. The molecular formula is C22H23Cl3N2O2. The average Bonchev–Trinajstić information content (AvgIpc) is 2.64. The van der Waals surface area contributed by atoms with Crippen molar-refractivity contribution in [3.63, 3.8) is 0 Å². The summed E-state index contributed by atoms with van der Waals surface area (Å²) in [5.74, 6) is -0.328. The van der Waals surface area contributed by atoms with Crippen LogP contribution in [0.3, 0.4) is 0 Å². The van der Waals surface area contributed by atoms with Crippen molar-refractivity contribution in [3.05, 3.63) is 74.7 Å². The first-order valence-electron chi connectivity index (χ1n) is 9.00. The second-order valence-electron chi connectivity index (χ2n) is 7.65. The molecule has 0 aliphatic carbocycles. The van der Waals surface area contributed by atoms with Crippen molar-refractivity contribution in [2.75, 3.05) is 0 Å². The lowest BCUT2D eigenvalue weighted by Crippen LogP contribution is -2.47. The zero-order valence-corrected chi connectivity index (χ0v) is 18.6. The van der Waals surface area contributed by atoms with Crippen molar-refractivity contribution in [2.45, 2.75) is 32.9 Å². The van der Waals surface area contributed by atoms with Crippen LogP contribution in [0.5, 0.6) is 0 Å². The normalized spacial score (nSPS) is 13.7.